The van der Waals surface area contributed by atoms with Crippen LogP contribution in [0.15, 0.2) is 29.5 Å². The minimum atomic E-state index is -0.535. The van der Waals surface area contributed by atoms with E-state index in [1.807, 2.05) is 32.9 Å². The molecule has 0 aliphatic carbocycles. The maximum atomic E-state index is 12.6. The Morgan fingerprint density at radius 1 is 1.40 bits per heavy atom. The van der Waals surface area contributed by atoms with Crippen molar-refractivity contribution in [1.82, 2.24) is 20.5 Å². The first-order valence-electron chi connectivity index (χ1n) is 10.7. The first kappa shape index (κ1) is 23.9. The molecule has 1 amide bonds. The van der Waals surface area contributed by atoms with Crippen LogP contribution in [0.4, 0.5) is 4.79 Å². The second-order valence-corrected chi connectivity index (χ2v) is 8.87. The van der Waals surface area contributed by atoms with Crippen LogP contribution in [0.1, 0.15) is 52.5 Å². The van der Waals surface area contributed by atoms with Gasteiger partial charge in [0.05, 0.1) is 12.1 Å². The summed E-state index contributed by atoms with van der Waals surface area (Å²) in [5.74, 6) is 0.739. The van der Waals surface area contributed by atoms with Gasteiger partial charge in [0.25, 0.3) is 0 Å². The van der Waals surface area contributed by atoms with Crippen molar-refractivity contribution in [3.63, 3.8) is 0 Å². The highest BCUT2D eigenvalue weighted by Crippen LogP contribution is 2.23. The fourth-order valence-corrected chi connectivity index (χ4v) is 3.22. The highest BCUT2D eigenvalue weighted by atomic mass is 16.6. The minimum Gasteiger partial charge on any atom is -0.444 e. The average Bonchev–Trinajstić information content (AvgIpc) is 3.12. The Hall–Kier alpha value is -2.35. The van der Waals surface area contributed by atoms with E-state index in [1.165, 1.54) is 0 Å². The molecule has 0 aromatic carbocycles. The van der Waals surface area contributed by atoms with Crippen molar-refractivity contribution in [2.24, 2.45) is 4.99 Å². The summed E-state index contributed by atoms with van der Waals surface area (Å²) in [5.41, 5.74) is 0.306. The number of aliphatic imine (C=N–C) groups is 1. The molecule has 30 heavy (non-hydrogen) atoms. The molecule has 1 unspecified atom stereocenters. The number of guanidine groups is 1. The standard InChI is InChI=1S/C22H37N5O3/c1-21(2,3)30-20(28)27(16-18-9-6-11-24-15-18)13-8-12-25-19(23-5)26-17-22(4)10-7-14-29-22/h6,9,11,15H,7-8,10,12-14,16-17H2,1-5H3,(H2,23,25,26). The Morgan fingerprint density at radius 3 is 2.80 bits per heavy atom. The van der Waals surface area contributed by atoms with Crippen LogP contribution in [0.5, 0.6) is 0 Å². The van der Waals surface area contributed by atoms with Gasteiger partial charge < -0.3 is 25.0 Å². The molecule has 2 rings (SSSR count). The number of carbonyl (C=O) groups excluding carboxylic acids is 1. The largest absolute Gasteiger partial charge is 0.444 e. The van der Waals surface area contributed by atoms with E-state index in [0.717, 1.165) is 43.9 Å². The van der Waals surface area contributed by atoms with Crippen molar-refractivity contribution < 1.29 is 14.3 Å². The SMILES string of the molecule is CN=C(NCCCN(Cc1cccnc1)C(=O)OC(C)(C)C)NCC1(C)CCCO1. The predicted octanol–water partition coefficient (Wildman–Crippen LogP) is 2.94. The normalized spacial score (nSPS) is 19.4. The van der Waals surface area contributed by atoms with Gasteiger partial charge in [0.15, 0.2) is 5.96 Å². The van der Waals surface area contributed by atoms with Crippen molar-refractivity contribution in [2.75, 3.05) is 33.3 Å². The minimum absolute atomic E-state index is 0.130. The van der Waals surface area contributed by atoms with Crippen LogP contribution in [-0.4, -0.2) is 66.4 Å². The van der Waals surface area contributed by atoms with Crippen molar-refractivity contribution in [3.8, 4) is 0 Å². The zero-order valence-corrected chi connectivity index (χ0v) is 19.0. The smallest absolute Gasteiger partial charge is 0.410 e. The van der Waals surface area contributed by atoms with Crippen molar-refractivity contribution in [3.05, 3.63) is 30.1 Å². The van der Waals surface area contributed by atoms with Crippen LogP contribution in [0.3, 0.4) is 0 Å². The summed E-state index contributed by atoms with van der Waals surface area (Å²) in [5, 5.41) is 6.64. The molecule has 8 heteroatoms. The summed E-state index contributed by atoms with van der Waals surface area (Å²) in [4.78, 5) is 22.8. The lowest BCUT2D eigenvalue weighted by Gasteiger charge is -2.28. The van der Waals surface area contributed by atoms with E-state index in [-0.39, 0.29) is 11.7 Å². The summed E-state index contributed by atoms with van der Waals surface area (Å²) in [6.07, 6.45) is 6.08. The molecule has 0 radical (unpaired) electrons. The third-order valence-corrected chi connectivity index (χ3v) is 4.80. The average molecular weight is 420 g/mol. The number of rotatable bonds is 8. The molecule has 2 N–H and O–H groups in total. The fourth-order valence-electron chi connectivity index (χ4n) is 3.22. The second-order valence-electron chi connectivity index (χ2n) is 8.87. The van der Waals surface area contributed by atoms with Crippen LogP contribution >= 0.6 is 0 Å². The Morgan fingerprint density at radius 2 is 2.20 bits per heavy atom. The molecule has 1 fully saturated rings. The van der Waals surface area contributed by atoms with Gasteiger partial charge in [0.2, 0.25) is 0 Å². The molecular weight excluding hydrogens is 382 g/mol. The van der Waals surface area contributed by atoms with E-state index in [9.17, 15) is 4.79 Å². The first-order valence-corrected chi connectivity index (χ1v) is 10.7. The maximum Gasteiger partial charge on any atom is 0.410 e. The highest BCUT2D eigenvalue weighted by Gasteiger charge is 2.29. The lowest BCUT2D eigenvalue weighted by Crippen LogP contribution is -2.46. The predicted molar refractivity (Wildman–Crippen MR) is 118 cm³/mol. The maximum absolute atomic E-state index is 12.6. The van der Waals surface area contributed by atoms with Crippen LogP contribution in [0.25, 0.3) is 0 Å². The molecule has 0 spiro atoms. The van der Waals surface area contributed by atoms with Gasteiger partial charge in [-0.05, 0) is 58.6 Å². The van der Waals surface area contributed by atoms with Gasteiger partial charge in [-0.1, -0.05) is 6.07 Å². The molecule has 1 aliphatic rings. The molecule has 1 aliphatic heterocycles. The van der Waals surface area contributed by atoms with Crippen LogP contribution in [0, 0.1) is 0 Å². The van der Waals surface area contributed by atoms with Crippen molar-refractivity contribution in [1.29, 1.82) is 0 Å². The molecule has 0 saturated carbocycles. The van der Waals surface area contributed by atoms with E-state index in [0.29, 0.717) is 19.6 Å². The number of hydrogen-bond acceptors (Lipinski definition) is 5. The number of aromatic nitrogens is 1. The number of carbonyl (C=O) groups is 1. The molecule has 1 aromatic rings. The van der Waals surface area contributed by atoms with Crippen LogP contribution < -0.4 is 10.6 Å². The number of nitrogens with one attached hydrogen (secondary N) is 2. The molecule has 168 valence electrons. The lowest BCUT2D eigenvalue weighted by atomic mass is 10.0. The van der Waals surface area contributed by atoms with Gasteiger partial charge in [0.1, 0.15) is 5.60 Å². The molecule has 2 heterocycles. The number of nitrogens with zero attached hydrogens (tertiary/aromatic N) is 3. The quantitative estimate of drug-likeness (QED) is 0.383. The molecule has 1 saturated heterocycles. The zero-order chi connectivity index (χ0) is 22.0. The molecule has 1 aromatic heterocycles. The number of pyridine rings is 1. The highest BCUT2D eigenvalue weighted by molar-refractivity contribution is 5.79. The monoisotopic (exact) mass is 419 g/mol. The Labute approximate surface area is 180 Å². The molecule has 0 bridgehead atoms. The topological polar surface area (TPSA) is 88.1 Å². The van der Waals surface area contributed by atoms with E-state index in [1.54, 1.807) is 24.3 Å². The summed E-state index contributed by atoms with van der Waals surface area (Å²) in [6, 6.07) is 3.83. The van der Waals surface area contributed by atoms with E-state index >= 15 is 0 Å². The van der Waals surface area contributed by atoms with Gasteiger partial charge in [0, 0.05) is 45.7 Å². The molecule has 1 atom stereocenters. The Balaban J connectivity index is 1.82. The van der Waals surface area contributed by atoms with Gasteiger partial charge >= 0.3 is 6.09 Å². The zero-order valence-electron chi connectivity index (χ0n) is 19.0. The fraction of sp³-hybridized carbons (Fsp3) is 0.682. The third-order valence-electron chi connectivity index (χ3n) is 4.80. The summed E-state index contributed by atoms with van der Waals surface area (Å²) in [6.45, 7) is 11.0. The van der Waals surface area contributed by atoms with Gasteiger partial charge in [-0.25, -0.2) is 4.79 Å². The van der Waals surface area contributed by atoms with Gasteiger partial charge in [-0.3, -0.25) is 9.98 Å². The number of ether oxygens (including phenoxy) is 2. The van der Waals surface area contributed by atoms with Gasteiger partial charge in [-0.2, -0.15) is 0 Å². The second kappa shape index (κ2) is 11.2. The van der Waals surface area contributed by atoms with Crippen LogP contribution in [-0.2, 0) is 16.0 Å². The first-order chi connectivity index (χ1) is 14.2. The Kier molecular flexibility index (Phi) is 8.89. The third kappa shape index (κ3) is 8.57. The van der Waals surface area contributed by atoms with Crippen molar-refractivity contribution >= 4 is 12.1 Å². The van der Waals surface area contributed by atoms with E-state index < -0.39 is 5.60 Å². The molecule has 8 nitrogen and oxygen atoms in total. The lowest BCUT2D eigenvalue weighted by molar-refractivity contribution is 0.0227. The van der Waals surface area contributed by atoms with Crippen LogP contribution in [0.2, 0.25) is 0 Å². The number of amides is 1. The van der Waals surface area contributed by atoms with Gasteiger partial charge in [-0.15, -0.1) is 0 Å². The Bertz CT molecular complexity index is 682. The van der Waals surface area contributed by atoms with Crippen molar-refractivity contribution in [2.45, 2.75) is 64.7 Å². The summed E-state index contributed by atoms with van der Waals surface area (Å²) in [7, 11) is 1.75. The summed E-state index contributed by atoms with van der Waals surface area (Å²) < 4.78 is 11.4. The number of hydrogen-bond donors (Lipinski definition) is 2. The van der Waals surface area contributed by atoms with E-state index in [2.05, 4.69) is 27.5 Å². The molecular formula is C22H37N5O3. The summed E-state index contributed by atoms with van der Waals surface area (Å²) >= 11 is 0. The van der Waals surface area contributed by atoms with E-state index in [4.69, 9.17) is 9.47 Å².